The van der Waals surface area contributed by atoms with E-state index in [9.17, 15) is 9.59 Å². The summed E-state index contributed by atoms with van der Waals surface area (Å²) in [4.78, 5) is 25.7. The van der Waals surface area contributed by atoms with Gasteiger partial charge in [-0.2, -0.15) is 0 Å². The highest BCUT2D eigenvalue weighted by Gasteiger charge is 2.42. The summed E-state index contributed by atoms with van der Waals surface area (Å²) in [6.07, 6.45) is 0.944. The minimum absolute atomic E-state index is 0. The van der Waals surface area contributed by atoms with Gasteiger partial charge in [-0.25, -0.2) is 0 Å². The molecule has 2 amide bonds. The van der Waals surface area contributed by atoms with Gasteiger partial charge in [0, 0.05) is 18.5 Å². The number of hydrogen-bond donors (Lipinski definition) is 1. The molecule has 2 atom stereocenters. The highest BCUT2D eigenvalue weighted by Crippen LogP contribution is 2.29. The Morgan fingerprint density at radius 1 is 1.35 bits per heavy atom. The first-order valence-corrected chi connectivity index (χ1v) is 5.96. The number of fused-ring (bicyclic) bond motifs is 2. The third-order valence-electron chi connectivity index (χ3n) is 3.38. The minimum Gasteiger partial charge on any atom is -0.316 e. The average molecular weight is 261 g/mol. The number of piperidine rings is 2. The van der Waals surface area contributed by atoms with Gasteiger partial charge >= 0.3 is 0 Å². The van der Waals surface area contributed by atoms with Crippen LogP contribution in [0.15, 0.2) is 0 Å². The second-order valence-corrected chi connectivity index (χ2v) is 5.96. The Bertz CT molecular complexity index is 325. The van der Waals surface area contributed by atoms with E-state index in [0.29, 0.717) is 12.5 Å². The molecule has 2 saturated heterocycles. The van der Waals surface area contributed by atoms with Crippen LogP contribution in [-0.2, 0) is 9.59 Å². The summed E-state index contributed by atoms with van der Waals surface area (Å²) in [6.45, 7) is 7.85. The van der Waals surface area contributed by atoms with Crippen LogP contribution in [0, 0.1) is 17.3 Å². The Kier molecular flexibility index (Phi) is 4.20. The molecule has 2 fully saturated rings. The Morgan fingerprint density at radius 3 is 2.59 bits per heavy atom. The van der Waals surface area contributed by atoms with E-state index in [-0.39, 0.29) is 30.1 Å². The lowest BCUT2D eigenvalue weighted by Gasteiger charge is -2.41. The SMILES string of the molecule is CC(C)(C)C(=O)N1CC2CNCC(C2)C1=O.Cl. The summed E-state index contributed by atoms with van der Waals surface area (Å²) in [5, 5.41) is 3.26. The standard InChI is InChI=1S/C12H20N2O2.ClH/c1-12(2,3)11(16)14-7-8-4-9(10(14)15)6-13-5-8;/h8-9,13H,4-7H2,1-3H3;1H. The van der Waals surface area contributed by atoms with Crippen LogP contribution < -0.4 is 5.32 Å². The lowest BCUT2D eigenvalue weighted by atomic mass is 9.83. The maximum atomic E-state index is 12.1. The maximum absolute atomic E-state index is 12.1. The van der Waals surface area contributed by atoms with Gasteiger partial charge in [-0.1, -0.05) is 20.8 Å². The van der Waals surface area contributed by atoms with Crippen molar-refractivity contribution in [3.63, 3.8) is 0 Å². The fraction of sp³-hybridized carbons (Fsp3) is 0.833. The molecule has 2 unspecified atom stereocenters. The van der Waals surface area contributed by atoms with Crippen LogP contribution in [-0.4, -0.2) is 36.3 Å². The van der Waals surface area contributed by atoms with Crippen molar-refractivity contribution in [2.45, 2.75) is 27.2 Å². The number of carbonyl (C=O) groups is 2. The van der Waals surface area contributed by atoms with Gasteiger partial charge in [0.2, 0.25) is 11.8 Å². The summed E-state index contributed by atoms with van der Waals surface area (Å²) in [5.74, 6) is 0.444. The van der Waals surface area contributed by atoms with Crippen LogP contribution >= 0.6 is 12.4 Å². The predicted octanol–water partition coefficient (Wildman–Crippen LogP) is 1.05. The predicted molar refractivity (Wildman–Crippen MR) is 67.9 cm³/mol. The van der Waals surface area contributed by atoms with Crippen molar-refractivity contribution in [3.8, 4) is 0 Å². The zero-order valence-corrected chi connectivity index (χ0v) is 11.5. The van der Waals surface area contributed by atoms with E-state index in [2.05, 4.69) is 5.32 Å². The number of nitrogens with one attached hydrogen (secondary N) is 1. The van der Waals surface area contributed by atoms with Crippen molar-refractivity contribution in [2.75, 3.05) is 19.6 Å². The molecular formula is C12H21ClN2O2. The molecule has 0 radical (unpaired) electrons. The first-order chi connectivity index (χ1) is 7.39. The van der Waals surface area contributed by atoms with Gasteiger partial charge in [0.25, 0.3) is 0 Å². The van der Waals surface area contributed by atoms with Crippen LogP contribution in [0.25, 0.3) is 0 Å². The largest absolute Gasteiger partial charge is 0.316 e. The highest BCUT2D eigenvalue weighted by molar-refractivity contribution is 5.99. The monoisotopic (exact) mass is 260 g/mol. The molecule has 2 aliphatic rings. The summed E-state index contributed by atoms with van der Waals surface area (Å²) >= 11 is 0. The number of likely N-dealkylation sites (tertiary alicyclic amines) is 1. The summed E-state index contributed by atoms with van der Waals surface area (Å²) < 4.78 is 0. The summed E-state index contributed by atoms with van der Waals surface area (Å²) in [5.41, 5.74) is -0.464. The molecule has 2 bridgehead atoms. The number of amides is 2. The lowest BCUT2D eigenvalue weighted by molar-refractivity contribution is -0.157. The molecule has 0 aromatic carbocycles. The van der Waals surface area contributed by atoms with Crippen molar-refractivity contribution in [1.29, 1.82) is 0 Å². The molecule has 98 valence electrons. The van der Waals surface area contributed by atoms with E-state index in [0.717, 1.165) is 19.5 Å². The van der Waals surface area contributed by atoms with Crippen LogP contribution in [0.2, 0.25) is 0 Å². The van der Waals surface area contributed by atoms with Gasteiger partial charge in [0.1, 0.15) is 0 Å². The first kappa shape index (κ1) is 14.5. The van der Waals surface area contributed by atoms with Crippen molar-refractivity contribution in [2.24, 2.45) is 17.3 Å². The van der Waals surface area contributed by atoms with Crippen molar-refractivity contribution < 1.29 is 9.59 Å². The molecule has 0 spiro atoms. The topological polar surface area (TPSA) is 49.4 Å². The van der Waals surface area contributed by atoms with Gasteiger partial charge in [0.15, 0.2) is 0 Å². The quantitative estimate of drug-likeness (QED) is 0.708. The van der Waals surface area contributed by atoms with E-state index in [4.69, 9.17) is 0 Å². The number of imide groups is 1. The molecule has 0 aliphatic carbocycles. The molecule has 0 saturated carbocycles. The molecule has 0 aromatic rings. The number of nitrogens with zero attached hydrogens (tertiary/aromatic N) is 1. The molecule has 2 heterocycles. The van der Waals surface area contributed by atoms with Gasteiger partial charge < -0.3 is 5.32 Å². The summed E-state index contributed by atoms with van der Waals surface area (Å²) in [6, 6.07) is 0. The molecule has 5 heteroatoms. The van der Waals surface area contributed by atoms with E-state index in [1.54, 1.807) is 0 Å². The molecule has 2 rings (SSSR count). The number of hydrogen-bond acceptors (Lipinski definition) is 3. The fourth-order valence-electron chi connectivity index (χ4n) is 2.51. The number of carbonyl (C=O) groups excluding carboxylic acids is 2. The van der Waals surface area contributed by atoms with Gasteiger partial charge in [-0.15, -0.1) is 12.4 Å². The zero-order chi connectivity index (χ0) is 11.9. The van der Waals surface area contributed by atoms with Gasteiger partial charge in [-0.3, -0.25) is 14.5 Å². The van der Waals surface area contributed by atoms with E-state index >= 15 is 0 Å². The van der Waals surface area contributed by atoms with E-state index < -0.39 is 5.41 Å². The molecule has 17 heavy (non-hydrogen) atoms. The number of rotatable bonds is 0. The van der Waals surface area contributed by atoms with Crippen molar-refractivity contribution in [3.05, 3.63) is 0 Å². The number of halogens is 1. The molecule has 1 N–H and O–H groups in total. The van der Waals surface area contributed by atoms with Crippen LogP contribution in [0.5, 0.6) is 0 Å². The fourth-order valence-corrected chi connectivity index (χ4v) is 2.51. The van der Waals surface area contributed by atoms with Crippen LogP contribution in [0.4, 0.5) is 0 Å². The lowest BCUT2D eigenvalue weighted by Crippen LogP contribution is -2.58. The zero-order valence-electron chi connectivity index (χ0n) is 10.7. The smallest absolute Gasteiger partial charge is 0.234 e. The second-order valence-electron chi connectivity index (χ2n) is 5.96. The second kappa shape index (κ2) is 4.94. The molecule has 0 aromatic heterocycles. The Balaban J connectivity index is 0.00000144. The summed E-state index contributed by atoms with van der Waals surface area (Å²) in [7, 11) is 0. The van der Waals surface area contributed by atoms with Crippen molar-refractivity contribution >= 4 is 24.2 Å². The Morgan fingerprint density at radius 2 is 2.00 bits per heavy atom. The van der Waals surface area contributed by atoms with Gasteiger partial charge in [-0.05, 0) is 18.9 Å². The maximum Gasteiger partial charge on any atom is 0.234 e. The Hall–Kier alpha value is -0.610. The normalized spacial score (nSPS) is 28.6. The molecule has 2 aliphatic heterocycles. The van der Waals surface area contributed by atoms with E-state index in [1.807, 2.05) is 20.8 Å². The van der Waals surface area contributed by atoms with Crippen LogP contribution in [0.3, 0.4) is 0 Å². The Labute approximate surface area is 109 Å². The van der Waals surface area contributed by atoms with Gasteiger partial charge in [0.05, 0.1) is 5.92 Å². The third kappa shape index (κ3) is 2.80. The third-order valence-corrected chi connectivity index (χ3v) is 3.38. The average Bonchev–Trinajstić information content (AvgIpc) is 2.22. The highest BCUT2D eigenvalue weighted by atomic mass is 35.5. The van der Waals surface area contributed by atoms with E-state index in [1.165, 1.54) is 4.90 Å². The molecule has 4 nitrogen and oxygen atoms in total. The minimum atomic E-state index is -0.464. The molecular weight excluding hydrogens is 240 g/mol. The van der Waals surface area contributed by atoms with Crippen LogP contribution in [0.1, 0.15) is 27.2 Å². The first-order valence-electron chi connectivity index (χ1n) is 5.96. The van der Waals surface area contributed by atoms with Crippen molar-refractivity contribution in [1.82, 2.24) is 10.2 Å².